The summed E-state index contributed by atoms with van der Waals surface area (Å²) in [5, 5.41) is 9.86. The number of fused-ring (bicyclic) bond motifs is 1. The number of carboxylic acid groups (broad SMARTS) is 1. The fourth-order valence-electron chi connectivity index (χ4n) is 2.06. The molecule has 4 nitrogen and oxygen atoms in total. The molecule has 0 fully saturated rings. The van der Waals surface area contributed by atoms with Gasteiger partial charge < -0.3 is 14.3 Å². The second kappa shape index (κ2) is 4.74. The molecule has 1 N–H and O–H groups in total. The molecule has 0 aliphatic rings. The summed E-state index contributed by atoms with van der Waals surface area (Å²) in [7, 11) is 1.61. The smallest absolute Gasteiger partial charge is 0.335 e. The van der Waals surface area contributed by atoms with Crippen LogP contribution in [0.2, 0.25) is 0 Å². The van der Waals surface area contributed by atoms with E-state index in [2.05, 4.69) is 0 Å². The highest BCUT2D eigenvalue weighted by Gasteiger charge is 2.08. The average Bonchev–Trinajstić information content (AvgIpc) is 2.90. The van der Waals surface area contributed by atoms with Gasteiger partial charge in [-0.1, -0.05) is 12.1 Å². The van der Waals surface area contributed by atoms with Gasteiger partial charge in [-0.25, -0.2) is 4.79 Å². The molecule has 2 aromatic carbocycles. The Morgan fingerprint density at radius 3 is 2.50 bits per heavy atom. The molecule has 0 bridgehead atoms. The van der Waals surface area contributed by atoms with Crippen molar-refractivity contribution in [3.8, 4) is 17.1 Å². The van der Waals surface area contributed by atoms with Crippen molar-refractivity contribution in [3.05, 3.63) is 54.1 Å². The van der Waals surface area contributed by atoms with Crippen molar-refractivity contribution in [3.63, 3.8) is 0 Å². The molecule has 1 aromatic heterocycles. The summed E-state index contributed by atoms with van der Waals surface area (Å²) in [6, 6.07) is 14.1. The lowest BCUT2D eigenvalue weighted by atomic mass is 10.1. The molecule has 0 saturated carbocycles. The van der Waals surface area contributed by atoms with Crippen LogP contribution in [0.1, 0.15) is 10.4 Å². The Bertz CT molecular complexity index is 769. The van der Waals surface area contributed by atoms with Crippen molar-refractivity contribution in [2.24, 2.45) is 0 Å². The minimum absolute atomic E-state index is 0.256. The zero-order valence-electron chi connectivity index (χ0n) is 10.8. The molecule has 0 spiro atoms. The first kappa shape index (κ1) is 12.3. The van der Waals surface area contributed by atoms with Crippen LogP contribution in [0.15, 0.2) is 52.9 Å². The number of carboxylic acids is 1. The van der Waals surface area contributed by atoms with Crippen LogP contribution in [0.4, 0.5) is 0 Å². The van der Waals surface area contributed by atoms with Crippen molar-refractivity contribution in [2.75, 3.05) is 7.11 Å². The van der Waals surface area contributed by atoms with Crippen molar-refractivity contribution in [1.29, 1.82) is 0 Å². The molecule has 0 saturated heterocycles. The fourth-order valence-corrected chi connectivity index (χ4v) is 2.06. The normalized spacial score (nSPS) is 10.7. The second-order valence-electron chi connectivity index (χ2n) is 4.40. The third-order valence-corrected chi connectivity index (χ3v) is 3.14. The van der Waals surface area contributed by atoms with E-state index in [1.54, 1.807) is 31.4 Å². The number of carbonyl (C=O) groups is 1. The first-order valence-electron chi connectivity index (χ1n) is 6.09. The van der Waals surface area contributed by atoms with Gasteiger partial charge in [-0.05, 0) is 30.3 Å². The van der Waals surface area contributed by atoms with Gasteiger partial charge in [0.15, 0.2) is 0 Å². The molecule has 4 heteroatoms. The van der Waals surface area contributed by atoms with Gasteiger partial charge in [0.25, 0.3) is 0 Å². The summed E-state index contributed by atoms with van der Waals surface area (Å²) in [6.45, 7) is 0. The standard InChI is InChI=1S/C16H12O4/c1-19-13-7-6-12-8-14(20-15(12)9-13)10-2-4-11(5-3-10)16(17)18/h2-9H,1H3,(H,17,18). The van der Waals surface area contributed by atoms with E-state index in [-0.39, 0.29) is 5.56 Å². The summed E-state index contributed by atoms with van der Waals surface area (Å²) < 4.78 is 10.9. The van der Waals surface area contributed by atoms with Crippen LogP contribution >= 0.6 is 0 Å². The van der Waals surface area contributed by atoms with Crippen LogP contribution in [0, 0.1) is 0 Å². The number of furan rings is 1. The van der Waals surface area contributed by atoms with Gasteiger partial charge in [-0.2, -0.15) is 0 Å². The lowest BCUT2D eigenvalue weighted by molar-refractivity contribution is 0.0697. The Morgan fingerprint density at radius 2 is 1.85 bits per heavy atom. The maximum Gasteiger partial charge on any atom is 0.335 e. The van der Waals surface area contributed by atoms with Gasteiger partial charge in [0.05, 0.1) is 12.7 Å². The summed E-state index contributed by atoms with van der Waals surface area (Å²) in [5.74, 6) is 0.496. The van der Waals surface area contributed by atoms with E-state index in [0.29, 0.717) is 5.76 Å². The molecule has 0 radical (unpaired) electrons. The Hall–Kier alpha value is -2.75. The molecule has 1 heterocycles. The van der Waals surface area contributed by atoms with Crippen molar-refractivity contribution in [2.45, 2.75) is 0 Å². The van der Waals surface area contributed by atoms with Crippen LogP contribution in [0.5, 0.6) is 5.75 Å². The van der Waals surface area contributed by atoms with Crippen molar-refractivity contribution >= 4 is 16.9 Å². The van der Waals surface area contributed by atoms with Gasteiger partial charge in [-0.15, -0.1) is 0 Å². The van der Waals surface area contributed by atoms with Gasteiger partial charge >= 0.3 is 5.97 Å². The van der Waals surface area contributed by atoms with E-state index in [1.807, 2.05) is 24.3 Å². The molecule has 20 heavy (non-hydrogen) atoms. The summed E-state index contributed by atoms with van der Waals surface area (Å²) in [6.07, 6.45) is 0. The van der Waals surface area contributed by atoms with E-state index >= 15 is 0 Å². The number of rotatable bonds is 3. The Kier molecular flexibility index (Phi) is 2.91. The third-order valence-electron chi connectivity index (χ3n) is 3.14. The predicted octanol–water partition coefficient (Wildman–Crippen LogP) is 3.81. The third kappa shape index (κ3) is 2.12. The zero-order valence-corrected chi connectivity index (χ0v) is 10.8. The number of methoxy groups -OCH3 is 1. The van der Waals surface area contributed by atoms with E-state index in [9.17, 15) is 4.79 Å². The molecule has 0 atom stereocenters. The van der Waals surface area contributed by atoms with Gasteiger partial charge in [0.2, 0.25) is 0 Å². The lowest BCUT2D eigenvalue weighted by Crippen LogP contribution is -1.94. The van der Waals surface area contributed by atoms with Crippen molar-refractivity contribution < 1.29 is 19.1 Å². The van der Waals surface area contributed by atoms with Crippen LogP contribution in [-0.4, -0.2) is 18.2 Å². The topological polar surface area (TPSA) is 59.7 Å². The highest BCUT2D eigenvalue weighted by molar-refractivity contribution is 5.89. The number of aromatic carboxylic acids is 1. The summed E-state index contributed by atoms with van der Waals surface area (Å²) >= 11 is 0. The Balaban J connectivity index is 2.03. The van der Waals surface area contributed by atoms with E-state index in [1.165, 1.54) is 0 Å². The van der Waals surface area contributed by atoms with Crippen LogP contribution in [0.3, 0.4) is 0 Å². The summed E-state index contributed by atoms with van der Waals surface area (Å²) in [4.78, 5) is 10.8. The molecular weight excluding hydrogens is 256 g/mol. The molecule has 100 valence electrons. The Labute approximate surface area is 115 Å². The van der Waals surface area contributed by atoms with Gasteiger partial charge in [0.1, 0.15) is 17.1 Å². The van der Waals surface area contributed by atoms with E-state index in [4.69, 9.17) is 14.3 Å². The zero-order chi connectivity index (χ0) is 14.1. The maximum absolute atomic E-state index is 10.8. The molecule has 0 amide bonds. The SMILES string of the molecule is COc1ccc2cc(-c3ccc(C(=O)O)cc3)oc2c1. The monoisotopic (exact) mass is 268 g/mol. The predicted molar refractivity (Wildman–Crippen MR) is 75.2 cm³/mol. The Morgan fingerprint density at radius 1 is 1.10 bits per heavy atom. The number of hydrogen-bond acceptors (Lipinski definition) is 3. The molecule has 3 rings (SSSR count). The number of benzene rings is 2. The molecule has 3 aromatic rings. The maximum atomic E-state index is 10.8. The lowest BCUT2D eigenvalue weighted by Gasteiger charge is -1.98. The molecule has 0 unspecified atom stereocenters. The van der Waals surface area contributed by atoms with Crippen LogP contribution in [-0.2, 0) is 0 Å². The van der Waals surface area contributed by atoms with Gasteiger partial charge in [0, 0.05) is 17.0 Å². The average molecular weight is 268 g/mol. The largest absolute Gasteiger partial charge is 0.497 e. The van der Waals surface area contributed by atoms with Crippen LogP contribution < -0.4 is 4.74 Å². The number of ether oxygens (including phenoxy) is 1. The minimum atomic E-state index is -0.939. The van der Waals surface area contributed by atoms with Crippen LogP contribution in [0.25, 0.3) is 22.3 Å². The van der Waals surface area contributed by atoms with E-state index < -0.39 is 5.97 Å². The fraction of sp³-hybridized carbons (Fsp3) is 0.0625. The first-order chi connectivity index (χ1) is 9.67. The highest BCUT2D eigenvalue weighted by Crippen LogP contribution is 2.30. The first-order valence-corrected chi connectivity index (χ1v) is 6.09. The number of hydrogen-bond donors (Lipinski definition) is 1. The van der Waals surface area contributed by atoms with Gasteiger partial charge in [-0.3, -0.25) is 0 Å². The quantitative estimate of drug-likeness (QED) is 0.784. The second-order valence-corrected chi connectivity index (χ2v) is 4.40. The molecular formula is C16H12O4. The highest BCUT2D eigenvalue weighted by atomic mass is 16.5. The summed E-state index contributed by atoms with van der Waals surface area (Å²) in [5.41, 5.74) is 1.83. The molecule has 0 aliphatic heterocycles. The minimum Gasteiger partial charge on any atom is -0.497 e. The van der Waals surface area contributed by atoms with Crippen molar-refractivity contribution in [1.82, 2.24) is 0 Å². The van der Waals surface area contributed by atoms with E-state index in [0.717, 1.165) is 22.3 Å². The molecule has 0 aliphatic carbocycles.